The molecule has 7 heteroatoms. The molecule has 1 nitrogen and oxygen atoms in total. The van der Waals surface area contributed by atoms with E-state index in [0.717, 1.165) is 30.3 Å². The highest BCUT2D eigenvalue weighted by Crippen LogP contribution is 2.42. The summed E-state index contributed by atoms with van der Waals surface area (Å²) >= 11 is 0. The summed E-state index contributed by atoms with van der Waals surface area (Å²) in [5.41, 5.74) is -3.42. The van der Waals surface area contributed by atoms with Crippen molar-refractivity contribution in [1.29, 1.82) is 0 Å². The number of benzene rings is 2. The van der Waals surface area contributed by atoms with Gasteiger partial charge in [0.25, 0.3) is 0 Å². The Kier molecular flexibility index (Phi) is 4.19. The monoisotopic (exact) mass is 320 g/mol. The minimum absolute atomic E-state index is 0.0972. The van der Waals surface area contributed by atoms with Crippen LogP contribution < -0.4 is 0 Å². The van der Waals surface area contributed by atoms with Gasteiger partial charge in [0.2, 0.25) is 0 Å². The molecule has 1 N–H and O–H groups in total. The Morgan fingerprint density at radius 1 is 0.727 bits per heavy atom. The average molecular weight is 320 g/mol. The van der Waals surface area contributed by atoms with E-state index in [2.05, 4.69) is 0 Å². The van der Waals surface area contributed by atoms with Crippen LogP contribution in [0.5, 0.6) is 0 Å². The number of halogens is 6. The molecule has 0 aliphatic carbocycles. The molecule has 0 amide bonds. The molecule has 22 heavy (non-hydrogen) atoms. The lowest BCUT2D eigenvalue weighted by molar-refractivity contribution is -0.139. The van der Waals surface area contributed by atoms with Gasteiger partial charge < -0.3 is 5.11 Å². The van der Waals surface area contributed by atoms with Crippen molar-refractivity contribution in [3.8, 4) is 11.1 Å². The molecule has 2 aromatic carbocycles. The molecule has 0 radical (unpaired) electrons. The maximum atomic E-state index is 13.1. The smallest absolute Gasteiger partial charge is 0.392 e. The van der Waals surface area contributed by atoms with Gasteiger partial charge in [0, 0.05) is 0 Å². The molecule has 0 unspecified atom stereocenters. The normalized spacial score (nSPS) is 12.5. The molecule has 2 aromatic rings. The number of aliphatic hydroxyl groups is 1. The standard InChI is InChI=1S/C15H10F6O/c16-14(17,18)12-4-2-1-3-10(12)11-7-9(8-22)5-6-13(11)15(19,20)21/h1-7,22H,8H2. The number of hydrogen-bond donors (Lipinski definition) is 1. The van der Waals surface area contributed by atoms with E-state index in [4.69, 9.17) is 5.11 Å². The van der Waals surface area contributed by atoms with Gasteiger partial charge in [-0.1, -0.05) is 24.3 Å². The Labute approximate surface area is 121 Å². The van der Waals surface area contributed by atoms with Crippen LogP contribution in [0, 0.1) is 0 Å². The first-order valence-electron chi connectivity index (χ1n) is 6.12. The first kappa shape index (κ1) is 16.4. The van der Waals surface area contributed by atoms with Gasteiger partial charge in [0.15, 0.2) is 0 Å². The van der Waals surface area contributed by atoms with E-state index in [0.29, 0.717) is 6.07 Å². The average Bonchev–Trinajstić information content (AvgIpc) is 2.44. The summed E-state index contributed by atoms with van der Waals surface area (Å²) in [6.07, 6.45) is -9.59. The molecule has 0 spiro atoms. The van der Waals surface area contributed by atoms with Gasteiger partial charge in [-0.3, -0.25) is 0 Å². The molecular weight excluding hydrogens is 310 g/mol. The van der Waals surface area contributed by atoms with Crippen LogP contribution in [-0.4, -0.2) is 5.11 Å². The van der Waals surface area contributed by atoms with Crippen molar-refractivity contribution in [3.63, 3.8) is 0 Å². The summed E-state index contributed by atoms with van der Waals surface area (Å²) in [5, 5.41) is 9.03. The molecule has 0 aliphatic rings. The Morgan fingerprint density at radius 2 is 1.27 bits per heavy atom. The Bertz CT molecular complexity index is 672. The molecule has 0 saturated heterocycles. The minimum atomic E-state index is -4.80. The predicted octanol–water partition coefficient (Wildman–Crippen LogP) is 4.88. The van der Waals surface area contributed by atoms with Crippen molar-refractivity contribution in [3.05, 3.63) is 59.2 Å². The van der Waals surface area contributed by atoms with Crippen LogP contribution in [0.2, 0.25) is 0 Å². The SMILES string of the molecule is OCc1ccc(C(F)(F)F)c(-c2ccccc2C(F)(F)F)c1. The molecule has 0 aliphatic heterocycles. The van der Waals surface area contributed by atoms with Crippen molar-refractivity contribution in [2.24, 2.45) is 0 Å². The molecule has 0 heterocycles. The summed E-state index contributed by atoms with van der Waals surface area (Å²) in [5.74, 6) is 0. The van der Waals surface area contributed by atoms with Gasteiger partial charge in [-0.2, -0.15) is 26.3 Å². The van der Waals surface area contributed by atoms with Crippen molar-refractivity contribution in [2.45, 2.75) is 19.0 Å². The molecule has 0 saturated carbocycles. The lowest BCUT2D eigenvalue weighted by Crippen LogP contribution is -2.11. The minimum Gasteiger partial charge on any atom is -0.392 e. The molecule has 2 rings (SSSR count). The fourth-order valence-corrected chi connectivity index (χ4v) is 2.12. The van der Waals surface area contributed by atoms with Crippen LogP contribution >= 0.6 is 0 Å². The third kappa shape index (κ3) is 3.24. The first-order chi connectivity index (χ1) is 10.1. The maximum Gasteiger partial charge on any atom is 0.417 e. The van der Waals surface area contributed by atoms with Crippen LogP contribution in [0.25, 0.3) is 11.1 Å². The summed E-state index contributed by atoms with van der Waals surface area (Å²) in [4.78, 5) is 0. The molecule has 0 fully saturated rings. The lowest BCUT2D eigenvalue weighted by atomic mass is 9.93. The number of rotatable bonds is 2. The van der Waals surface area contributed by atoms with E-state index < -0.39 is 41.2 Å². The van der Waals surface area contributed by atoms with Gasteiger partial charge in [0.05, 0.1) is 17.7 Å². The lowest BCUT2D eigenvalue weighted by Gasteiger charge is -2.18. The Balaban J connectivity index is 2.77. The molecule has 0 bridgehead atoms. The van der Waals surface area contributed by atoms with Gasteiger partial charge in [0.1, 0.15) is 0 Å². The van der Waals surface area contributed by atoms with E-state index in [9.17, 15) is 26.3 Å². The van der Waals surface area contributed by atoms with Crippen molar-refractivity contribution < 1.29 is 31.4 Å². The zero-order valence-electron chi connectivity index (χ0n) is 11.0. The van der Waals surface area contributed by atoms with Crippen LogP contribution in [0.15, 0.2) is 42.5 Å². The second kappa shape index (κ2) is 5.64. The third-order valence-electron chi connectivity index (χ3n) is 3.09. The molecular formula is C15H10F6O. The summed E-state index contributed by atoms with van der Waals surface area (Å²) in [6.45, 7) is -0.570. The van der Waals surface area contributed by atoms with Gasteiger partial charge in [-0.05, 0) is 34.9 Å². The summed E-state index contributed by atoms with van der Waals surface area (Å²) in [6, 6.07) is 6.67. The van der Waals surface area contributed by atoms with Gasteiger partial charge >= 0.3 is 12.4 Å². The zero-order chi connectivity index (χ0) is 16.5. The van der Waals surface area contributed by atoms with E-state index in [-0.39, 0.29) is 5.56 Å². The maximum absolute atomic E-state index is 13.1. The van der Waals surface area contributed by atoms with E-state index >= 15 is 0 Å². The largest absolute Gasteiger partial charge is 0.417 e. The fraction of sp³-hybridized carbons (Fsp3) is 0.200. The number of aliphatic hydroxyl groups excluding tert-OH is 1. The zero-order valence-corrected chi connectivity index (χ0v) is 11.0. The second-order valence-corrected chi connectivity index (χ2v) is 4.58. The van der Waals surface area contributed by atoms with E-state index in [1.54, 1.807) is 0 Å². The fourth-order valence-electron chi connectivity index (χ4n) is 2.12. The number of hydrogen-bond acceptors (Lipinski definition) is 1. The van der Waals surface area contributed by atoms with E-state index in [1.165, 1.54) is 6.07 Å². The van der Waals surface area contributed by atoms with Gasteiger partial charge in [-0.15, -0.1) is 0 Å². The van der Waals surface area contributed by atoms with Crippen molar-refractivity contribution in [2.75, 3.05) is 0 Å². The van der Waals surface area contributed by atoms with Crippen molar-refractivity contribution in [1.82, 2.24) is 0 Å². The van der Waals surface area contributed by atoms with E-state index in [1.807, 2.05) is 0 Å². The molecule has 0 atom stereocenters. The summed E-state index contributed by atoms with van der Waals surface area (Å²) < 4.78 is 78.2. The topological polar surface area (TPSA) is 20.2 Å². The predicted molar refractivity (Wildman–Crippen MR) is 67.8 cm³/mol. The number of alkyl halides is 6. The highest BCUT2D eigenvalue weighted by Gasteiger charge is 2.38. The van der Waals surface area contributed by atoms with Gasteiger partial charge in [-0.25, -0.2) is 0 Å². The highest BCUT2D eigenvalue weighted by molar-refractivity contribution is 5.72. The molecule has 0 aromatic heterocycles. The second-order valence-electron chi connectivity index (χ2n) is 4.58. The highest BCUT2D eigenvalue weighted by atomic mass is 19.4. The Morgan fingerprint density at radius 3 is 1.82 bits per heavy atom. The van der Waals surface area contributed by atoms with Crippen LogP contribution in [0.1, 0.15) is 16.7 Å². The van der Waals surface area contributed by atoms with Crippen molar-refractivity contribution >= 4 is 0 Å². The van der Waals surface area contributed by atoms with Crippen LogP contribution in [0.3, 0.4) is 0 Å². The quantitative estimate of drug-likeness (QED) is 0.782. The van der Waals surface area contributed by atoms with Crippen LogP contribution in [-0.2, 0) is 19.0 Å². The third-order valence-corrected chi connectivity index (χ3v) is 3.09. The summed E-state index contributed by atoms with van der Waals surface area (Å²) in [7, 11) is 0. The molecule has 118 valence electrons. The Hall–Kier alpha value is -2.02. The first-order valence-corrected chi connectivity index (χ1v) is 6.12. The van der Waals surface area contributed by atoms with Crippen LogP contribution in [0.4, 0.5) is 26.3 Å².